The first kappa shape index (κ1) is 11.4. The molecule has 3 heteroatoms. The molecule has 16 heavy (non-hydrogen) atoms. The van der Waals surface area contributed by atoms with Gasteiger partial charge in [-0.2, -0.15) is 0 Å². The lowest BCUT2D eigenvalue weighted by Gasteiger charge is -2.17. The molecule has 0 saturated carbocycles. The Morgan fingerprint density at radius 3 is 3.12 bits per heavy atom. The predicted octanol–water partition coefficient (Wildman–Crippen LogP) is 1.92. The van der Waals surface area contributed by atoms with Crippen molar-refractivity contribution >= 4 is 0 Å². The van der Waals surface area contributed by atoms with Crippen LogP contribution in [0.1, 0.15) is 24.1 Å². The molecule has 0 amide bonds. The average Bonchev–Trinajstić information content (AvgIpc) is 2.77. The van der Waals surface area contributed by atoms with Crippen LogP contribution in [-0.4, -0.2) is 26.9 Å². The fourth-order valence-electron chi connectivity index (χ4n) is 2.01. The molecule has 0 spiro atoms. The van der Waals surface area contributed by atoms with Crippen molar-refractivity contribution in [2.45, 2.75) is 19.4 Å². The summed E-state index contributed by atoms with van der Waals surface area (Å²) < 4.78 is 11.0. The van der Waals surface area contributed by atoms with Crippen molar-refractivity contribution in [3.05, 3.63) is 29.3 Å². The molecule has 1 aromatic rings. The van der Waals surface area contributed by atoms with E-state index in [9.17, 15) is 0 Å². The van der Waals surface area contributed by atoms with Gasteiger partial charge in [-0.1, -0.05) is 12.1 Å². The summed E-state index contributed by atoms with van der Waals surface area (Å²) in [6.45, 7) is 4.30. The number of rotatable bonds is 5. The van der Waals surface area contributed by atoms with Crippen LogP contribution in [0.4, 0.5) is 0 Å². The standard InChI is InChI=1S/C13H19NO2/c1-3-15-9-12(14-2)10-4-5-13-11(8-10)6-7-16-13/h4-5,8,12,14H,3,6-7,9H2,1-2H3. The molecule has 0 aliphatic carbocycles. The Bertz CT molecular complexity index is 352. The van der Waals surface area contributed by atoms with E-state index in [0.29, 0.717) is 6.61 Å². The highest BCUT2D eigenvalue weighted by Gasteiger charge is 2.15. The van der Waals surface area contributed by atoms with Crippen LogP contribution in [0.15, 0.2) is 18.2 Å². The van der Waals surface area contributed by atoms with E-state index in [4.69, 9.17) is 9.47 Å². The van der Waals surface area contributed by atoms with Crippen molar-refractivity contribution in [1.82, 2.24) is 5.32 Å². The Morgan fingerprint density at radius 2 is 2.38 bits per heavy atom. The largest absolute Gasteiger partial charge is 0.493 e. The summed E-state index contributed by atoms with van der Waals surface area (Å²) in [7, 11) is 1.97. The number of hydrogen-bond acceptors (Lipinski definition) is 3. The Labute approximate surface area is 96.8 Å². The van der Waals surface area contributed by atoms with E-state index in [0.717, 1.165) is 25.4 Å². The molecule has 1 N–H and O–H groups in total. The van der Waals surface area contributed by atoms with Crippen molar-refractivity contribution in [3.63, 3.8) is 0 Å². The summed E-state index contributed by atoms with van der Waals surface area (Å²) in [6, 6.07) is 6.67. The minimum absolute atomic E-state index is 0.269. The van der Waals surface area contributed by atoms with Crippen LogP contribution in [0.5, 0.6) is 5.75 Å². The van der Waals surface area contributed by atoms with Gasteiger partial charge in [0, 0.05) is 13.0 Å². The van der Waals surface area contributed by atoms with Gasteiger partial charge < -0.3 is 14.8 Å². The predicted molar refractivity (Wildman–Crippen MR) is 63.9 cm³/mol. The summed E-state index contributed by atoms with van der Waals surface area (Å²) in [5.74, 6) is 1.04. The first-order chi connectivity index (χ1) is 7.85. The zero-order valence-electron chi connectivity index (χ0n) is 9.95. The fraction of sp³-hybridized carbons (Fsp3) is 0.538. The maximum atomic E-state index is 5.50. The highest BCUT2D eigenvalue weighted by atomic mass is 16.5. The number of nitrogens with one attached hydrogen (secondary N) is 1. The molecule has 88 valence electrons. The molecule has 0 fully saturated rings. The van der Waals surface area contributed by atoms with E-state index in [1.807, 2.05) is 14.0 Å². The van der Waals surface area contributed by atoms with Gasteiger partial charge in [0.05, 0.1) is 19.3 Å². The minimum Gasteiger partial charge on any atom is -0.493 e. The van der Waals surface area contributed by atoms with Gasteiger partial charge in [0.15, 0.2) is 0 Å². The Balaban J connectivity index is 2.12. The topological polar surface area (TPSA) is 30.5 Å². The second kappa shape index (κ2) is 5.32. The summed E-state index contributed by atoms with van der Waals surface area (Å²) in [6.07, 6.45) is 1.02. The van der Waals surface area contributed by atoms with Crippen LogP contribution in [-0.2, 0) is 11.2 Å². The molecular formula is C13H19NO2. The van der Waals surface area contributed by atoms with Gasteiger partial charge in [-0.15, -0.1) is 0 Å². The van der Waals surface area contributed by atoms with E-state index in [-0.39, 0.29) is 6.04 Å². The van der Waals surface area contributed by atoms with E-state index >= 15 is 0 Å². The molecule has 2 rings (SSSR count). The van der Waals surface area contributed by atoms with Crippen LogP contribution in [0, 0.1) is 0 Å². The molecule has 1 aliphatic rings. The zero-order valence-corrected chi connectivity index (χ0v) is 9.95. The Morgan fingerprint density at radius 1 is 1.50 bits per heavy atom. The monoisotopic (exact) mass is 221 g/mol. The number of ether oxygens (including phenoxy) is 2. The van der Waals surface area contributed by atoms with Gasteiger partial charge >= 0.3 is 0 Å². The third kappa shape index (κ3) is 2.36. The molecule has 1 unspecified atom stereocenters. The molecule has 0 saturated heterocycles. The number of likely N-dealkylation sites (N-methyl/N-ethyl adjacent to an activating group) is 1. The highest BCUT2D eigenvalue weighted by Crippen LogP contribution is 2.28. The van der Waals surface area contributed by atoms with E-state index in [2.05, 4.69) is 23.5 Å². The second-order valence-corrected chi connectivity index (χ2v) is 3.97. The molecule has 0 bridgehead atoms. The van der Waals surface area contributed by atoms with E-state index in [1.165, 1.54) is 11.1 Å². The molecular weight excluding hydrogens is 202 g/mol. The van der Waals surface area contributed by atoms with Gasteiger partial charge in [0.2, 0.25) is 0 Å². The van der Waals surface area contributed by atoms with Crippen molar-refractivity contribution < 1.29 is 9.47 Å². The van der Waals surface area contributed by atoms with Crippen molar-refractivity contribution in [1.29, 1.82) is 0 Å². The van der Waals surface area contributed by atoms with Crippen LogP contribution >= 0.6 is 0 Å². The summed E-state index contributed by atoms with van der Waals surface area (Å²) >= 11 is 0. The van der Waals surface area contributed by atoms with Gasteiger partial charge in [0.1, 0.15) is 5.75 Å². The molecule has 3 nitrogen and oxygen atoms in total. The lowest BCUT2D eigenvalue weighted by atomic mass is 10.0. The lowest BCUT2D eigenvalue weighted by Crippen LogP contribution is -2.21. The third-order valence-corrected chi connectivity index (χ3v) is 2.95. The zero-order chi connectivity index (χ0) is 11.4. The fourth-order valence-corrected chi connectivity index (χ4v) is 2.01. The van der Waals surface area contributed by atoms with Crippen molar-refractivity contribution in [3.8, 4) is 5.75 Å². The maximum Gasteiger partial charge on any atom is 0.122 e. The Kier molecular flexibility index (Phi) is 3.80. The van der Waals surface area contributed by atoms with Crippen molar-refractivity contribution in [2.24, 2.45) is 0 Å². The highest BCUT2D eigenvalue weighted by molar-refractivity contribution is 5.40. The first-order valence-corrected chi connectivity index (χ1v) is 5.85. The SMILES string of the molecule is CCOCC(NC)c1ccc2c(c1)CCO2. The number of hydrogen-bond donors (Lipinski definition) is 1. The summed E-state index contributed by atoms with van der Waals surface area (Å²) in [5, 5.41) is 3.28. The minimum atomic E-state index is 0.269. The maximum absolute atomic E-state index is 5.50. The van der Waals surface area contributed by atoms with Gasteiger partial charge in [-0.3, -0.25) is 0 Å². The smallest absolute Gasteiger partial charge is 0.122 e. The first-order valence-electron chi connectivity index (χ1n) is 5.85. The second-order valence-electron chi connectivity index (χ2n) is 3.97. The van der Waals surface area contributed by atoms with Crippen LogP contribution in [0.2, 0.25) is 0 Å². The number of fused-ring (bicyclic) bond motifs is 1. The van der Waals surface area contributed by atoms with Crippen LogP contribution < -0.4 is 10.1 Å². The molecule has 1 heterocycles. The number of benzene rings is 1. The normalized spacial score (nSPS) is 15.6. The van der Waals surface area contributed by atoms with Gasteiger partial charge in [0.25, 0.3) is 0 Å². The van der Waals surface area contributed by atoms with Gasteiger partial charge in [-0.05, 0) is 31.2 Å². The summed E-state index contributed by atoms with van der Waals surface area (Å²) in [5.41, 5.74) is 2.59. The van der Waals surface area contributed by atoms with E-state index < -0.39 is 0 Å². The van der Waals surface area contributed by atoms with Gasteiger partial charge in [-0.25, -0.2) is 0 Å². The Hall–Kier alpha value is -1.06. The molecule has 1 atom stereocenters. The lowest BCUT2D eigenvalue weighted by molar-refractivity contribution is 0.125. The third-order valence-electron chi connectivity index (χ3n) is 2.95. The van der Waals surface area contributed by atoms with Crippen LogP contribution in [0.25, 0.3) is 0 Å². The van der Waals surface area contributed by atoms with Crippen molar-refractivity contribution in [2.75, 3.05) is 26.9 Å². The summed E-state index contributed by atoms with van der Waals surface area (Å²) in [4.78, 5) is 0. The molecule has 0 aromatic heterocycles. The average molecular weight is 221 g/mol. The molecule has 1 aliphatic heterocycles. The molecule has 0 radical (unpaired) electrons. The van der Waals surface area contributed by atoms with E-state index in [1.54, 1.807) is 0 Å². The van der Waals surface area contributed by atoms with Crippen LogP contribution in [0.3, 0.4) is 0 Å². The quantitative estimate of drug-likeness (QED) is 0.824. The molecule has 1 aromatic carbocycles.